The van der Waals surface area contributed by atoms with Gasteiger partial charge in [-0.2, -0.15) is 4.37 Å². The Morgan fingerprint density at radius 1 is 1.64 bits per heavy atom. The first-order chi connectivity index (χ1) is 6.68. The second-order valence-corrected chi connectivity index (χ2v) is 5.06. The van der Waals surface area contributed by atoms with Gasteiger partial charge in [-0.1, -0.05) is 15.9 Å². The van der Waals surface area contributed by atoms with Gasteiger partial charge in [-0.05, 0) is 19.8 Å². The summed E-state index contributed by atoms with van der Waals surface area (Å²) in [5, 5.41) is 0.719. The number of alkyl halides is 1. The Hall–Kier alpha value is -0.490. The Morgan fingerprint density at radius 3 is 3.07 bits per heavy atom. The van der Waals surface area contributed by atoms with Crippen LogP contribution in [0.4, 0.5) is 5.13 Å². The number of piperidine rings is 1. The van der Waals surface area contributed by atoms with Crippen LogP contribution in [-0.4, -0.2) is 26.6 Å². The van der Waals surface area contributed by atoms with E-state index in [1.807, 2.05) is 6.92 Å². The molecule has 1 saturated heterocycles. The highest BCUT2D eigenvalue weighted by Gasteiger charge is 2.29. The molecule has 0 aliphatic carbocycles. The van der Waals surface area contributed by atoms with E-state index in [0.29, 0.717) is 0 Å². The first-order valence-electron chi connectivity index (χ1n) is 4.44. The fourth-order valence-corrected chi connectivity index (χ4v) is 2.70. The standard InChI is InChI=1S/C8H10BrN3OS/c1-5-10-8(14-11-5)12-4-2-3-6(9)7(12)13/h6H,2-4H2,1H3. The number of aryl methyl sites for hydroxylation is 1. The number of carbonyl (C=O) groups excluding carboxylic acids is 1. The number of hydrogen-bond donors (Lipinski definition) is 0. The normalized spacial score (nSPS) is 22.9. The van der Waals surface area contributed by atoms with Gasteiger partial charge in [0, 0.05) is 18.1 Å². The molecule has 0 spiro atoms. The monoisotopic (exact) mass is 275 g/mol. The quantitative estimate of drug-likeness (QED) is 0.734. The van der Waals surface area contributed by atoms with Crippen LogP contribution in [0, 0.1) is 6.92 Å². The van der Waals surface area contributed by atoms with Gasteiger partial charge in [0.25, 0.3) is 0 Å². The van der Waals surface area contributed by atoms with Gasteiger partial charge < -0.3 is 0 Å². The molecule has 1 atom stereocenters. The van der Waals surface area contributed by atoms with Crippen LogP contribution in [0.15, 0.2) is 0 Å². The average molecular weight is 276 g/mol. The van der Waals surface area contributed by atoms with Gasteiger partial charge in [0.05, 0.1) is 4.83 Å². The molecule has 0 bridgehead atoms. The summed E-state index contributed by atoms with van der Waals surface area (Å²) in [6.45, 7) is 2.59. The largest absolute Gasteiger partial charge is 0.286 e. The predicted octanol–water partition coefficient (Wildman–Crippen LogP) is 1.74. The highest BCUT2D eigenvalue weighted by Crippen LogP contribution is 2.25. The van der Waals surface area contributed by atoms with Crippen LogP contribution in [0.3, 0.4) is 0 Å². The van der Waals surface area contributed by atoms with Crippen LogP contribution in [-0.2, 0) is 4.79 Å². The lowest BCUT2D eigenvalue weighted by atomic mass is 10.1. The molecule has 76 valence electrons. The zero-order valence-corrected chi connectivity index (χ0v) is 10.1. The van der Waals surface area contributed by atoms with Crippen LogP contribution < -0.4 is 4.90 Å². The van der Waals surface area contributed by atoms with Gasteiger partial charge in [-0.3, -0.25) is 9.69 Å². The van der Waals surface area contributed by atoms with Gasteiger partial charge in [0.15, 0.2) is 0 Å². The summed E-state index contributed by atoms with van der Waals surface area (Å²) in [6.07, 6.45) is 1.92. The number of carbonyl (C=O) groups is 1. The van der Waals surface area contributed by atoms with E-state index in [0.717, 1.165) is 30.3 Å². The van der Waals surface area contributed by atoms with Gasteiger partial charge in [-0.25, -0.2) is 4.98 Å². The van der Waals surface area contributed by atoms with E-state index in [9.17, 15) is 4.79 Å². The first-order valence-corrected chi connectivity index (χ1v) is 6.13. The van der Waals surface area contributed by atoms with Crippen molar-refractivity contribution in [3.63, 3.8) is 0 Å². The third kappa shape index (κ3) is 1.81. The van der Waals surface area contributed by atoms with Gasteiger partial charge in [-0.15, -0.1) is 0 Å². The van der Waals surface area contributed by atoms with Crippen molar-refractivity contribution in [3.05, 3.63) is 5.82 Å². The van der Waals surface area contributed by atoms with E-state index in [4.69, 9.17) is 0 Å². The third-order valence-corrected chi connectivity index (χ3v) is 3.80. The van der Waals surface area contributed by atoms with Crippen LogP contribution in [0.25, 0.3) is 0 Å². The molecule has 14 heavy (non-hydrogen) atoms. The maximum absolute atomic E-state index is 11.8. The molecule has 1 aliphatic rings. The number of nitrogens with zero attached hydrogens (tertiary/aromatic N) is 3. The number of amides is 1. The maximum Gasteiger partial charge on any atom is 0.242 e. The zero-order valence-electron chi connectivity index (χ0n) is 7.73. The Labute approximate surface area is 94.6 Å². The summed E-state index contributed by atoms with van der Waals surface area (Å²) < 4.78 is 4.07. The molecule has 1 aromatic rings. The van der Waals surface area contributed by atoms with Crippen LogP contribution in [0.1, 0.15) is 18.7 Å². The minimum Gasteiger partial charge on any atom is -0.286 e. The molecule has 0 N–H and O–H groups in total. The van der Waals surface area contributed by atoms with Crippen molar-refractivity contribution >= 4 is 38.5 Å². The topological polar surface area (TPSA) is 46.1 Å². The SMILES string of the molecule is Cc1nsc(N2CCCC(Br)C2=O)n1. The Bertz CT molecular complexity index is 354. The van der Waals surface area contributed by atoms with Crippen molar-refractivity contribution in [1.29, 1.82) is 0 Å². The van der Waals surface area contributed by atoms with E-state index < -0.39 is 0 Å². The summed E-state index contributed by atoms with van der Waals surface area (Å²) in [4.78, 5) is 17.6. The molecule has 1 aliphatic heterocycles. The van der Waals surface area contributed by atoms with Crippen molar-refractivity contribution < 1.29 is 4.79 Å². The number of hydrogen-bond acceptors (Lipinski definition) is 4. The third-order valence-electron chi connectivity index (χ3n) is 2.12. The average Bonchev–Trinajstić information content (AvgIpc) is 2.57. The second-order valence-electron chi connectivity index (χ2n) is 3.22. The van der Waals surface area contributed by atoms with Crippen molar-refractivity contribution in [3.8, 4) is 0 Å². The smallest absolute Gasteiger partial charge is 0.242 e. The number of rotatable bonds is 1. The summed E-state index contributed by atoms with van der Waals surface area (Å²) in [7, 11) is 0. The first kappa shape index (κ1) is 10.0. The molecule has 0 radical (unpaired) electrons. The van der Waals surface area contributed by atoms with Crippen LogP contribution >= 0.6 is 27.5 Å². The second kappa shape index (κ2) is 3.94. The molecule has 2 heterocycles. The van der Waals surface area contributed by atoms with Gasteiger partial charge in [0.1, 0.15) is 5.82 Å². The lowest BCUT2D eigenvalue weighted by Crippen LogP contribution is -2.41. The summed E-state index contributed by atoms with van der Waals surface area (Å²) in [5.41, 5.74) is 0. The van der Waals surface area contributed by atoms with Crippen LogP contribution in [0.5, 0.6) is 0 Å². The van der Waals surface area contributed by atoms with Gasteiger partial charge >= 0.3 is 0 Å². The summed E-state index contributed by atoms with van der Waals surface area (Å²) in [5.74, 6) is 0.835. The Morgan fingerprint density at radius 2 is 2.43 bits per heavy atom. The van der Waals surface area contributed by atoms with Crippen molar-refractivity contribution in [2.45, 2.75) is 24.6 Å². The molecule has 1 unspecified atom stereocenters. The summed E-state index contributed by atoms with van der Waals surface area (Å²) in [6, 6.07) is 0. The van der Waals surface area contributed by atoms with Crippen molar-refractivity contribution in [1.82, 2.24) is 9.36 Å². The highest BCUT2D eigenvalue weighted by molar-refractivity contribution is 9.10. The van der Waals surface area contributed by atoms with Crippen molar-refractivity contribution in [2.24, 2.45) is 0 Å². The number of halogens is 1. The minimum atomic E-state index is -0.0551. The molecule has 4 nitrogen and oxygen atoms in total. The molecule has 1 aromatic heterocycles. The molecular weight excluding hydrogens is 266 g/mol. The fraction of sp³-hybridized carbons (Fsp3) is 0.625. The molecular formula is C8H10BrN3OS. The molecule has 6 heteroatoms. The lowest BCUT2D eigenvalue weighted by molar-refractivity contribution is -0.118. The Kier molecular flexibility index (Phi) is 2.83. The van der Waals surface area contributed by atoms with E-state index in [1.165, 1.54) is 11.5 Å². The van der Waals surface area contributed by atoms with E-state index in [-0.39, 0.29) is 10.7 Å². The zero-order chi connectivity index (χ0) is 10.1. The molecule has 1 fully saturated rings. The molecule has 2 rings (SSSR count). The van der Waals surface area contributed by atoms with Crippen LogP contribution in [0.2, 0.25) is 0 Å². The summed E-state index contributed by atoms with van der Waals surface area (Å²) >= 11 is 4.65. The van der Waals surface area contributed by atoms with E-state index >= 15 is 0 Å². The van der Waals surface area contributed by atoms with Gasteiger partial charge in [0.2, 0.25) is 11.0 Å². The van der Waals surface area contributed by atoms with Crippen molar-refractivity contribution in [2.75, 3.05) is 11.4 Å². The number of anilines is 1. The van der Waals surface area contributed by atoms with E-state index in [2.05, 4.69) is 25.3 Å². The Balaban J connectivity index is 2.21. The highest BCUT2D eigenvalue weighted by atomic mass is 79.9. The predicted molar refractivity (Wildman–Crippen MR) is 58.9 cm³/mol. The molecule has 1 amide bonds. The molecule has 0 saturated carbocycles. The fourth-order valence-electron chi connectivity index (χ4n) is 1.42. The lowest BCUT2D eigenvalue weighted by Gasteiger charge is -2.26. The maximum atomic E-state index is 11.8. The molecule has 0 aromatic carbocycles. The van der Waals surface area contributed by atoms with E-state index in [1.54, 1.807) is 4.90 Å². The number of aromatic nitrogens is 2. The minimum absolute atomic E-state index is 0.0551.